The Kier molecular flexibility index (Phi) is 4.07. The number of fused-ring (bicyclic) bond motifs is 2. The number of hydrogen-bond donors (Lipinski definition) is 2. The molecule has 2 N–H and O–H groups in total. The molecule has 0 amide bonds. The number of benzene rings is 4. The van der Waals surface area contributed by atoms with Crippen molar-refractivity contribution in [2.24, 2.45) is 0 Å². The molecule has 0 radical (unpaired) electrons. The second-order valence-corrected chi connectivity index (χ2v) is 8.50. The van der Waals surface area contributed by atoms with Gasteiger partial charge >= 0.3 is 0 Å². The molecule has 0 saturated carbocycles. The van der Waals surface area contributed by atoms with Gasteiger partial charge in [0.1, 0.15) is 0 Å². The summed E-state index contributed by atoms with van der Waals surface area (Å²) >= 11 is 0. The molecule has 0 unspecified atom stereocenters. The second-order valence-electron chi connectivity index (χ2n) is 6.81. The van der Waals surface area contributed by atoms with Crippen molar-refractivity contribution >= 4 is 37.4 Å². The highest BCUT2D eigenvalue weighted by Gasteiger charge is 2.16. The van der Waals surface area contributed by atoms with Crippen LogP contribution in [-0.4, -0.2) is 18.6 Å². The first-order valence-electron chi connectivity index (χ1n) is 9.15. The highest BCUT2D eigenvalue weighted by molar-refractivity contribution is 7.92. The first-order chi connectivity index (χ1) is 14.1. The van der Waals surface area contributed by atoms with E-state index in [1.54, 1.807) is 24.3 Å². The van der Waals surface area contributed by atoms with Crippen LogP contribution in [0.15, 0.2) is 95.9 Å². The Morgan fingerprint density at radius 1 is 0.759 bits per heavy atom. The van der Waals surface area contributed by atoms with E-state index in [0.29, 0.717) is 5.69 Å². The number of hydrogen-bond acceptors (Lipinski definition) is 3. The zero-order valence-corrected chi connectivity index (χ0v) is 16.1. The predicted octanol–water partition coefficient (Wildman–Crippen LogP) is 5.18. The van der Waals surface area contributed by atoms with E-state index < -0.39 is 10.0 Å². The molecule has 0 bridgehead atoms. The second kappa shape index (κ2) is 6.76. The van der Waals surface area contributed by atoms with Crippen molar-refractivity contribution in [3.8, 4) is 11.3 Å². The maximum atomic E-state index is 12.9. The van der Waals surface area contributed by atoms with Gasteiger partial charge in [-0.1, -0.05) is 60.7 Å². The zero-order valence-electron chi connectivity index (χ0n) is 15.3. The lowest BCUT2D eigenvalue weighted by Crippen LogP contribution is -2.12. The summed E-state index contributed by atoms with van der Waals surface area (Å²) in [6.07, 6.45) is 0. The summed E-state index contributed by atoms with van der Waals surface area (Å²) in [7, 11) is -3.71. The van der Waals surface area contributed by atoms with Crippen LogP contribution in [0.4, 0.5) is 5.69 Å². The Morgan fingerprint density at radius 2 is 1.52 bits per heavy atom. The maximum absolute atomic E-state index is 12.9. The molecule has 0 atom stereocenters. The van der Waals surface area contributed by atoms with E-state index in [1.807, 2.05) is 66.7 Å². The highest BCUT2D eigenvalue weighted by Crippen LogP contribution is 2.29. The molecule has 1 heterocycles. The number of aromatic amines is 1. The molecule has 0 aliphatic rings. The minimum Gasteiger partial charge on any atom is -0.280 e. The summed E-state index contributed by atoms with van der Waals surface area (Å²) in [5.74, 6) is 0. The van der Waals surface area contributed by atoms with E-state index in [2.05, 4.69) is 14.9 Å². The number of anilines is 1. The van der Waals surface area contributed by atoms with Crippen molar-refractivity contribution in [1.29, 1.82) is 0 Å². The van der Waals surface area contributed by atoms with Crippen LogP contribution in [0.25, 0.3) is 32.9 Å². The van der Waals surface area contributed by atoms with Crippen molar-refractivity contribution < 1.29 is 8.42 Å². The zero-order chi connectivity index (χ0) is 19.8. The Morgan fingerprint density at radius 3 is 2.34 bits per heavy atom. The fraction of sp³-hybridized carbons (Fsp3) is 0. The number of nitrogens with one attached hydrogen (secondary N) is 2. The van der Waals surface area contributed by atoms with Gasteiger partial charge in [0.2, 0.25) is 0 Å². The molecule has 0 spiro atoms. The Hall–Kier alpha value is -3.64. The largest absolute Gasteiger partial charge is 0.280 e. The maximum Gasteiger partial charge on any atom is 0.261 e. The van der Waals surface area contributed by atoms with E-state index in [0.717, 1.165) is 32.9 Å². The Balaban J connectivity index is 1.53. The quantitative estimate of drug-likeness (QED) is 0.437. The minimum absolute atomic E-state index is 0.228. The number of aromatic nitrogens is 2. The van der Waals surface area contributed by atoms with Gasteiger partial charge in [-0.15, -0.1) is 0 Å². The number of rotatable bonds is 4. The summed E-state index contributed by atoms with van der Waals surface area (Å²) in [4.78, 5) is 0.228. The van der Waals surface area contributed by atoms with Gasteiger partial charge < -0.3 is 0 Å². The SMILES string of the molecule is O=S(=O)(Nc1ccc2[nH]nc(-c3ccccc3)c2c1)c1ccc2ccccc2c1. The molecule has 6 heteroatoms. The van der Waals surface area contributed by atoms with Gasteiger partial charge in [-0.3, -0.25) is 9.82 Å². The topological polar surface area (TPSA) is 74.8 Å². The molecule has 0 aliphatic heterocycles. The predicted molar refractivity (Wildman–Crippen MR) is 116 cm³/mol. The van der Waals surface area contributed by atoms with E-state index >= 15 is 0 Å². The molecule has 0 saturated heterocycles. The Labute approximate surface area is 168 Å². The minimum atomic E-state index is -3.71. The van der Waals surface area contributed by atoms with Gasteiger partial charge in [-0.2, -0.15) is 5.10 Å². The van der Waals surface area contributed by atoms with Crippen LogP contribution in [0.5, 0.6) is 0 Å². The van der Waals surface area contributed by atoms with Crippen LogP contribution in [0, 0.1) is 0 Å². The van der Waals surface area contributed by atoms with Gasteiger partial charge in [-0.25, -0.2) is 8.42 Å². The van der Waals surface area contributed by atoms with Crippen LogP contribution in [0.2, 0.25) is 0 Å². The van der Waals surface area contributed by atoms with E-state index in [4.69, 9.17) is 0 Å². The molecule has 1 aromatic heterocycles. The summed E-state index contributed by atoms with van der Waals surface area (Å²) in [6.45, 7) is 0. The van der Waals surface area contributed by atoms with Crippen LogP contribution in [0.1, 0.15) is 0 Å². The molecule has 29 heavy (non-hydrogen) atoms. The standard InChI is InChI=1S/C23H17N3O2S/c27-29(28,20-12-10-16-6-4-5-9-18(16)14-20)26-19-11-13-22-21(15-19)23(25-24-22)17-7-2-1-3-8-17/h1-15,26H,(H,24,25). The molecule has 4 aromatic carbocycles. The lowest BCUT2D eigenvalue weighted by molar-refractivity contribution is 0.601. The lowest BCUT2D eigenvalue weighted by Gasteiger charge is -2.09. The number of H-pyrrole nitrogens is 1. The van der Waals surface area contributed by atoms with Gasteiger partial charge in [0.05, 0.1) is 16.1 Å². The molecule has 142 valence electrons. The monoisotopic (exact) mass is 399 g/mol. The average Bonchev–Trinajstić information content (AvgIpc) is 3.17. The van der Waals surface area contributed by atoms with Gasteiger partial charge in [-0.05, 0) is 41.1 Å². The molecule has 5 aromatic rings. The summed E-state index contributed by atoms with van der Waals surface area (Å²) < 4.78 is 28.6. The normalized spacial score (nSPS) is 11.7. The average molecular weight is 399 g/mol. The third-order valence-electron chi connectivity index (χ3n) is 4.89. The van der Waals surface area contributed by atoms with E-state index in [9.17, 15) is 8.42 Å². The summed E-state index contributed by atoms with van der Waals surface area (Å²) in [5.41, 5.74) is 3.09. The fourth-order valence-corrected chi connectivity index (χ4v) is 4.53. The lowest BCUT2D eigenvalue weighted by atomic mass is 10.1. The van der Waals surface area contributed by atoms with Crippen molar-refractivity contribution in [3.05, 3.63) is 91.0 Å². The highest BCUT2D eigenvalue weighted by atomic mass is 32.2. The molecule has 5 rings (SSSR count). The van der Waals surface area contributed by atoms with Crippen molar-refractivity contribution in [1.82, 2.24) is 10.2 Å². The third-order valence-corrected chi connectivity index (χ3v) is 6.27. The first-order valence-corrected chi connectivity index (χ1v) is 10.6. The molecular formula is C23H17N3O2S. The molecule has 0 aliphatic carbocycles. The summed E-state index contributed by atoms with van der Waals surface area (Å²) in [6, 6.07) is 27.9. The molecule has 5 nitrogen and oxygen atoms in total. The van der Waals surface area contributed by atoms with E-state index in [1.165, 1.54) is 0 Å². The van der Waals surface area contributed by atoms with Crippen LogP contribution < -0.4 is 4.72 Å². The van der Waals surface area contributed by atoms with Gasteiger partial charge in [0.25, 0.3) is 10.0 Å². The number of nitrogens with zero attached hydrogens (tertiary/aromatic N) is 1. The third kappa shape index (κ3) is 3.23. The molecular weight excluding hydrogens is 382 g/mol. The molecule has 0 fully saturated rings. The van der Waals surface area contributed by atoms with Crippen molar-refractivity contribution in [2.45, 2.75) is 4.90 Å². The first kappa shape index (κ1) is 17.5. The van der Waals surface area contributed by atoms with Crippen LogP contribution >= 0.6 is 0 Å². The van der Waals surface area contributed by atoms with Gasteiger partial charge in [0.15, 0.2) is 0 Å². The van der Waals surface area contributed by atoms with Crippen LogP contribution in [-0.2, 0) is 10.0 Å². The fourth-order valence-electron chi connectivity index (χ4n) is 3.44. The van der Waals surface area contributed by atoms with Gasteiger partial charge in [0, 0.05) is 16.6 Å². The number of sulfonamides is 1. The smallest absolute Gasteiger partial charge is 0.261 e. The van der Waals surface area contributed by atoms with Crippen molar-refractivity contribution in [2.75, 3.05) is 4.72 Å². The Bertz CT molecular complexity index is 1440. The van der Waals surface area contributed by atoms with Crippen molar-refractivity contribution in [3.63, 3.8) is 0 Å². The van der Waals surface area contributed by atoms with E-state index in [-0.39, 0.29) is 4.90 Å². The summed E-state index contributed by atoms with van der Waals surface area (Å²) in [5, 5.41) is 10.1. The van der Waals surface area contributed by atoms with Crippen LogP contribution in [0.3, 0.4) is 0 Å².